The van der Waals surface area contributed by atoms with Gasteiger partial charge in [-0.1, -0.05) is 19.1 Å². The number of carbonyl (C=O) groups excluding carboxylic acids is 1. The average molecular weight is 271 g/mol. The maximum Gasteiger partial charge on any atom is 0.357 e. The minimum atomic E-state index is -0.352. The molecule has 1 aromatic carbocycles. The number of ether oxygens (including phenoxy) is 1. The molecule has 5 heteroatoms. The van der Waals surface area contributed by atoms with E-state index in [0.717, 1.165) is 29.8 Å². The molecule has 104 valence electrons. The molecule has 20 heavy (non-hydrogen) atoms. The van der Waals surface area contributed by atoms with Crippen LogP contribution in [0, 0.1) is 6.92 Å². The van der Waals surface area contributed by atoms with Crippen molar-refractivity contribution in [3.05, 3.63) is 35.7 Å². The van der Waals surface area contributed by atoms with E-state index in [1.807, 2.05) is 29.5 Å². The molecule has 2 aromatic heterocycles. The topological polar surface area (TPSA) is 48.5 Å². The molecule has 2 heterocycles. The van der Waals surface area contributed by atoms with Crippen molar-refractivity contribution in [2.75, 3.05) is 7.11 Å². The van der Waals surface area contributed by atoms with Gasteiger partial charge in [-0.3, -0.25) is 4.40 Å². The molecule has 0 unspecified atom stereocenters. The summed E-state index contributed by atoms with van der Waals surface area (Å²) < 4.78 is 8.94. The fourth-order valence-electron chi connectivity index (χ4n) is 2.69. The van der Waals surface area contributed by atoms with Gasteiger partial charge in [0.1, 0.15) is 0 Å². The van der Waals surface area contributed by atoms with Gasteiger partial charge in [0.05, 0.1) is 23.8 Å². The van der Waals surface area contributed by atoms with E-state index in [9.17, 15) is 4.79 Å². The summed E-state index contributed by atoms with van der Waals surface area (Å²) in [7, 11) is 1.40. The highest BCUT2D eigenvalue weighted by molar-refractivity contribution is 5.93. The van der Waals surface area contributed by atoms with Gasteiger partial charge in [0.25, 0.3) is 0 Å². The quantitative estimate of drug-likeness (QED) is 0.688. The van der Waals surface area contributed by atoms with E-state index in [1.54, 1.807) is 0 Å². The predicted molar refractivity (Wildman–Crippen MR) is 77.1 cm³/mol. The van der Waals surface area contributed by atoms with Crippen LogP contribution in [0.3, 0.4) is 0 Å². The smallest absolute Gasteiger partial charge is 0.357 e. The van der Waals surface area contributed by atoms with E-state index >= 15 is 0 Å². The third-order valence-electron chi connectivity index (χ3n) is 3.51. The first-order valence-corrected chi connectivity index (χ1v) is 6.73. The number of benzene rings is 1. The Morgan fingerprint density at radius 1 is 1.30 bits per heavy atom. The maximum absolute atomic E-state index is 12.0. The molecule has 3 aromatic rings. The van der Waals surface area contributed by atoms with Crippen LogP contribution in [0.1, 0.15) is 29.5 Å². The maximum atomic E-state index is 12.0. The SMILES string of the molecule is CCCn1c2ccccc2n2c(C(=O)OC)c(C)nc12. The Balaban J connectivity index is 2.46. The number of aromatic nitrogens is 3. The summed E-state index contributed by atoms with van der Waals surface area (Å²) in [5.41, 5.74) is 3.27. The number of methoxy groups -OCH3 is 1. The molecule has 0 saturated heterocycles. The minimum Gasteiger partial charge on any atom is -0.464 e. The van der Waals surface area contributed by atoms with Gasteiger partial charge >= 0.3 is 5.97 Å². The lowest BCUT2D eigenvalue weighted by Crippen LogP contribution is -2.06. The highest BCUT2D eigenvalue weighted by Gasteiger charge is 2.22. The van der Waals surface area contributed by atoms with Crippen molar-refractivity contribution in [2.45, 2.75) is 26.8 Å². The van der Waals surface area contributed by atoms with Crippen molar-refractivity contribution >= 4 is 22.8 Å². The van der Waals surface area contributed by atoms with Crippen LogP contribution in [0.2, 0.25) is 0 Å². The van der Waals surface area contributed by atoms with E-state index in [0.29, 0.717) is 11.4 Å². The molecular weight excluding hydrogens is 254 g/mol. The summed E-state index contributed by atoms with van der Waals surface area (Å²) in [6.45, 7) is 4.83. The molecular formula is C15H17N3O2. The van der Waals surface area contributed by atoms with Gasteiger partial charge in [0.15, 0.2) is 5.69 Å². The Morgan fingerprint density at radius 3 is 2.65 bits per heavy atom. The van der Waals surface area contributed by atoms with Gasteiger partial charge in [-0.15, -0.1) is 0 Å². The van der Waals surface area contributed by atoms with E-state index in [2.05, 4.69) is 22.5 Å². The second-order valence-corrected chi connectivity index (χ2v) is 4.81. The molecule has 0 aliphatic rings. The van der Waals surface area contributed by atoms with Crippen molar-refractivity contribution in [3.8, 4) is 0 Å². The first kappa shape index (κ1) is 12.7. The number of para-hydroxylation sites is 2. The number of esters is 1. The number of hydrogen-bond acceptors (Lipinski definition) is 3. The first-order chi connectivity index (χ1) is 9.69. The number of nitrogens with zero attached hydrogens (tertiary/aromatic N) is 3. The van der Waals surface area contributed by atoms with E-state index < -0.39 is 0 Å². The molecule has 0 aliphatic carbocycles. The third-order valence-corrected chi connectivity index (χ3v) is 3.51. The summed E-state index contributed by atoms with van der Waals surface area (Å²) in [5.74, 6) is 0.445. The first-order valence-electron chi connectivity index (χ1n) is 6.73. The fourth-order valence-corrected chi connectivity index (χ4v) is 2.69. The molecule has 0 radical (unpaired) electrons. The monoisotopic (exact) mass is 271 g/mol. The van der Waals surface area contributed by atoms with Crippen LogP contribution in [0.5, 0.6) is 0 Å². The minimum absolute atomic E-state index is 0.352. The number of rotatable bonds is 3. The van der Waals surface area contributed by atoms with Gasteiger partial charge in [-0.05, 0) is 25.5 Å². The molecule has 3 rings (SSSR count). The van der Waals surface area contributed by atoms with Crippen LogP contribution in [0.4, 0.5) is 0 Å². The van der Waals surface area contributed by atoms with Gasteiger partial charge in [-0.2, -0.15) is 0 Å². The molecule has 0 N–H and O–H groups in total. The average Bonchev–Trinajstić information content (AvgIpc) is 2.94. The van der Waals surface area contributed by atoms with Gasteiger partial charge in [0.2, 0.25) is 5.78 Å². The van der Waals surface area contributed by atoms with Crippen LogP contribution in [0.25, 0.3) is 16.8 Å². The van der Waals surface area contributed by atoms with E-state index in [4.69, 9.17) is 4.74 Å². The largest absolute Gasteiger partial charge is 0.464 e. The lowest BCUT2D eigenvalue weighted by Gasteiger charge is -2.01. The Kier molecular flexibility index (Phi) is 2.97. The lowest BCUT2D eigenvalue weighted by molar-refractivity contribution is 0.0592. The van der Waals surface area contributed by atoms with Gasteiger partial charge in [0, 0.05) is 6.54 Å². The van der Waals surface area contributed by atoms with Crippen molar-refractivity contribution in [1.82, 2.24) is 14.0 Å². The molecule has 0 bridgehead atoms. The highest BCUT2D eigenvalue weighted by atomic mass is 16.5. The van der Waals surface area contributed by atoms with Crippen LogP contribution >= 0.6 is 0 Å². The second kappa shape index (κ2) is 4.67. The van der Waals surface area contributed by atoms with Crippen LogP contribution < -0.4 is 0 Å². The summed E-state index contributed by atoms with van der Waals surface area (Å²) in [6, 6.07) is 8.02. The number of fused-ring (bicyclic) bond motifs is 3. The molecule has 0 fully saturated rings. The number of imidazole rings is 2. The molecule has 0 spiro atoms. The zero-order valence-corrected chi connectivity index (χ0v) is 11.9. The Labute approximate surface area is 116 Å². The van der Waals surface area contributed by atoms with Crippen LogP contribution in [-0.4, -0.2) is 27.0 Å². The summed E-state index contributed by atoms with van der Waals surface area (Å²) in [6.07, 6.45) is 1.01. The Morgan fingerprint density at radius 2 is 2.00 bits per heavy atom. The zero-order chi connectivity index (χ0) is 14.3. The molecule has 0 saturated carbocycles. The van der Waals surface area contributed by atoms with Crippen molar-refractivity contribution in [1.29, 1.82) is 0 Å². The molecule has 0 aliphatic heterocycles. The molecule has 5 nitrogen and oxygen atoms in total. The third kappa shape index (κ3) is 1.62. The summed E-state index contributed by atoms with van der Waals surface area (Å²) >= 11 is 0. The lowest BCUT2D eigenvalue weighted by atomic mass is 10.3. The van der Waals surface area contributed by atoms with Gasteiger partial charge < -0.3 is 9.30 Å². The second-order valence-electron chi connectivity index (χ2n) is 4.81. The Hall–Kier alpha value is -2.30. The van der Waals surface area contributed by atoms with Crippen molar-refractivity contribution < 1.29 is 9.53 Å². The fraction of sp³-hybridized carbons (Fsp3) is 0.333. The van der Waals surface area contributed by atoms with Crippen LogP contribution in [-0.2, 0) is 11.3 Å². The number of aryl methyl sites for hydroxylation is 2. The van der Waals surface area contributed by atoms with Crippen LogP contribution in [0.15, 0.2) is 24.3 Å². The van der Waals surface area contributed by atoms with Crippen molar-refractivity contribution in [3.63, 3.8) is 0 Å². The number of carbonyl (C=O) groups is 1. The summed E-state index contributed by atoms with van der Waals surface area (Å²) in [4.78, 5) is 16.6. The van der Waals surface area contributed by atoms with E-state index in [1.165, 1.54) is 7.11 Å². The zero-order valence-electron chi connectivity index (χ0n) is 11.9. The number of hydrogen-bond donors (Lipinski definition) is 0. The van der Waals surface area contributed by atoms with Gasteiger partial charge in [-0.25, -0.2) is 9.78 Å². The van der Waals surface area contributed by atoms with Crippen molar-refractivity contribution in [2.24, 2.45) is 0 Å². The molecule has 0 atom stereocenters. The standard InChI is InChI=1S/C15H17N3O2/c1-4-9-17-11-7-5-6-8-12(11)18-13(14(19)20-3)10(2)16-15(17)18/h5-8H,4,9H2,1-3H3. The van der Waals surface area contributed by atoms with E-state index in [-0.39, 0.29) is 5.97 Å². The Bertz CT molecular complexity index is 798. The predicted octanol–water partition coefficient (Wildman–Crippen LogP) is 2.79. The highest BCUT2D eigenvalue weighted by Crippen LogP contribution is 2.24. The summed E-state index contributed by atoms with van der Waals surface area (Å²) in [5, 5.41) is 0. The molecule has 0 amide bonds. The normalized spacial score (nSPS) is 11.3.